The van der Waals surface area contributed by atoms with Crippen LogP contribution in [0.2, 0.25) is 0 Å². The van der Waals surface area contributed by atoms with Crippen LogP contribution in [0.4, 0.5) is 0 Å². The van der Waals surface area contributed by atoms with Crippen LogP contribution in [-0.4, -0.2) is 25.0 Å². The summed E-state index contributed by atoms with van der Waals surface area (Å²) in [5.74, 6) is 0.806. The fourth-order valence-electron chi connectivity index (χ4n) is 1.88. The van der Waals surface area contributed by atoms with Crippen molar-refractivity contribution in [2.45, 2.75) is 73.1 Å². The van der Waals surface area contributed by atoms with Crippen molar-refractivity contribution in [1.82, 2.24) is 4.90 Å². The molecule has 0 saturated carbocycles. The summed E-state index contributed by atoms with van der Waals surface area (Å²) in [7, 11) is 2.24. The van der Waals surface area contributed by atoms with Gasteiger partial charge in [-0.2, -0.15) is 0 Å². The Labute approximate surface area is 105 Å². The van der Waals surface area contributed by atoms with E-state index in [4.69, 9.17) is 0 Å². The van der Waals surface area contributed by atoms with Crippen molar-refractivity contribution < 1.29 is 0 Å². The van der Waals surface area contributed by atoms with Gasteiger partial charge in [0.05, 0.1) is 0 Å². The Hall–Kier alpha value is -0.0400. The molecule has 100 valence electrons. The van der Waals surface area contributed by atoms with E-state index >= 15 is 0 Å². The first kappa shape index (κ1) is 18.3. The van der Waals surface area contributed by atoms with Gasteiger partial charge >= 0.3 is 0 Å². The molecule has 0 spiro atoms. The van der Waals surface area contributed by atoms with Gasteiger partial charge in [-0.05, 0) is 25.9 Å². The Balaban J connectivity index is 0. The van der Waals surface area contributed by atoms with Crippen molar-refractivity contribution >= 4 is 0 Å². The maximum Gasteiger partial charge on any atom is 0.000133 e. The zero-order valence-corrected chi connectivity index (χ0v) is 12.7. The zero-order valence-electron chi connectivity index (χ0n) is 12.7. The molecular formula is C15H35N. The predicted octanol–water partition coefficient (Wildman–Crippen LogP) is 4.96. The second kappa shape index (κ2) is 15.0. The van der Waals surface area contributed by atoms with Gasteiger partial charge in [0.1, 0.15) is 0 Å². The van der Waals surface area contributed by atoms with E-state index in [0.717, 1.165) is 5.92 Å². The molecule has 0 aromatic carbocycles. The Bertz CT molecular complexity index is 110. The number of unbranched alkanes of at least 4 members (excludes halogenated alkanes) is 5. The molecule has 0 aliphatic carbocycles. The lowest BCUT2D eigenvalue weighted by atomic mass is 10.1. The van der Waals surface area contributed by atoms with Crippen molar-refractivity contribution in [3.63, 3.8) is 0 Å². The molecule has 16 heavy (non-hydrogen) atoms. The normalized spacial score (nSPS) is 10.5. The highest BCUT2D eigenvalue weighted by Gasteiger charge is 2.00. The Morgan fingerprint density at radius 2 is 1.38 bits per heavy atom. The Morgan fingerprint density at radius 3 is 1.88 bits per heavy atom. The van der Waals surface area contributed by atoms with Gasteiger partial charge < -0.3 is 4.90 Å². The molecule has 0 aromatic rings. The van der Waals surface area contributed by atoms with Crippen LogP contribution in [0, 0.1) is 5.92 Å². The summed E-state index contributed by atoms with van der Waals surface area (Å²) in [4.78, 5) is 2.46. The van der Waals surface area contributed by atoms with Crippen molar-refractivity contribution in [1.29, 1.82) is 0 Å². The van der Waals surface area contributed by atoms with Gasteiger partial charge in [0.2, 0.25) is 0 Å². The molecule has 0 heterocycles. The lowest BCUT2D eigenvalue weighted by Gasteiger charge is -2.18. The summed E-state index contributed by atoms with van der Waals surface area (Å²) in [5.41, 5.74) is 0. The number of hydrogen-bond donors (Lipinski definition) is 0. The maximum absolute atomic E-state index is 2.46. The minimum Gasteiger partial charge on any atom is -0.306 e. The van der Waals surface area contributed by atoms with Gasteiger partial charge in [0, 0.05) is 6.54 Å². The molecule has 0 saturated heterocycles. The molecule has 0 rings (SSSR count). The average molecular weight is 229 g/mol. The number of rotatable bonds is 9. The van der Waals surface area contributed by atoms with Gasteiger partial charge in [-0.25, -0.2) is 0 Å². The van der Waals surface area contributed by atoms with Crippen LogP contribution in [-0.2, 0) is 0 Å². The first-order valence-electron chi connectivity index (χ1n) is 7.35. The zero-order chi connectivity index (χ0) is 12.8. The van der Waals surface area contributed by atoms with E-state index < -0.39 is 0 Å². The first-order valence-corrected chi connectivity index (χ1v) is 7.35. The molecule has 1 nitrogen and oxygen atoms in total. The van der Waals surface area contributed by atoms with Crippen LogP contribution in [0.5, 0.6) is 0 Å². The van der Waals surface area contributed by atoms with Crippen molar-refractivity contribution in [2.75, 3.05) is 20.1 Å². The van der Waals surface area contributed by atoms with Crippen molar-refractivity contribution in [3.05, 3.63) is 0 Å². The molecule has 0 fully saturated rings. The van der Waals surface area contributed by atoms with Gasteiger partial charge in [-0.3, -0.25) is 0 Å². The van der Waals surface area contributed by atoms with Crippen LogP contribution in [0.3, 0.4) is 0 Å². The molecule has 0 amide bonds. The molecule has 0 bridgehead atoms. The van der Waals surface area contributed by atoms with Crippen molar-refractivity contribution in [2.24, 2.45) is 5.92 Å². The topological polar surface area (TPSA) is 3.24 Å². The molecule has 1 heteroatoms. The second-order valence-corrected chi connectivity index (χ2v) is 4.92. The van der Waals surface area contributed by atoms with E-state index in [-0.39, 0.29) is 0 Å². The molecule has 0 unspecified atom stereocenters. The van der Waals surface area contributed by atoms with Crippen LogP contribution in [0.25, 0.3) is 0 Å². The summed E-state index contributed by atoms with van der Waals surface area (Å²) < 4.78 is 0. The number of nitrogens with zero attached hydrogens (tertiary/aromatic N) is 1. The Morgan fingerprint density at radius 1 is 0.875 bits per heavy atom. The third kappa shape index (κ3) is 16.4. The van der Waals surface area contributed by atoms with E-state index in [0.29, 0.717) is 0 Å². The fraction of sp³-hybridized carbons (Fsp3) is 1.00. The van der Waals surface area contributed by atoms with E-state index in [2.05, 4.69) is 32.7 Å². The lowest BCUT2D eigenvalue weighted by Crippen LogP contribution is -2.24. The number of hydrogen-bond acceptors (Lipinski definition) is 1. The second-order valence-electron chi connectivity index (χ2n) is 4.92. The SMILES string of the molecule is CC.CCCCCCCCN(C)CC(C)C. The summed E-state index contributed by atoms with van der Waals surface area (Å²) >= 11 is 0. The highest BCUT2D eigenvalue weighted by molar-refractivity contribution is 4.55. The van der Waals surface area contributed by atoms with Gasteiger partial charge in [0.25, 0.3) is 0 Å². The van der Waals surface area contributed by atoms with E-state index in [1.807, 2.05) is 13.8 Å². The quantitative estimate of drug-likeness (QED) is 0.505. The molecule has 0 atom stereocenters. The van der Waals surface area contributed by atoms with Gasteiger partial charge in [0.15, 0.2) is 0 Å². The minimum atomic E-state index is 0.806. The third-order valence-electron chi connectivity index (χ3n) is 2.57. The molecule has 0 aliphatic rings. The van der Waals surface area contributed by atoms with E-state index in [9.17, 15) is 0 Å². The molecule has 0 N–H and O–H groups in total. The van der Waals surface area contributed by atoms with Crippen LogP contribution in [0.1, 0.15) is 73.1 Å². The maximum atomic E-state index is 2.46. The van der Waals surface area contributed by atoms with E-state index in [1.54, 1.807) is 0 Å². The fourth-order valence-corrected chi connectivity index (χ4v) is 1.88. The van der Waals surface area contributed by atoms with Crippen LogP contribution >= 0.6 is 0 Å². The van der Waals surface area contributed by atoms with Crippen molar-refractivity contribution in [3.8, 4) is 0 Å². The highest BCUT2D eigenvalue weighted by atomic mass is 15.1. The smallest absolute Gasteiger partial charge is 0.000133 e. The third-order valence-corrected chi connectivity index (χ3v) is 2.57. The molecular weight excluding hydrogens is 194 g/mol. The van der Waals surface area contributed by atoms with E-state index in [1.165, 1.54) is 51.6 Å². The monoisotopic (exact) mass is 229 g/mol. The Kier molecular flexibility index (Phi) is 17.1. The first-order chi connectivity index (χ1) is 7.66. The lowest BCUT2D eigenvalue weighted by molar-refractivity contribution is 0.288. The van der Waals surface area contributed by atoms with Crippen LogP contribution < -0.4 is 0 Å². The summed E-state index contributed by atoms with van der Waals surface area (Å²) in [6, 6.07) is 0. The minimum absolute atomic E-state index is 0.806. The highest BCUT2D eigenvalue weighted by Crippen LogP contribution is 2.06. The standard InChI is InChI=1S/C13H29N.C2H6/c1-5-6-7-8-9-10-11-14(4)12-13(2)3;1-2/h13H,5-12H2,1-4H3;1-2H3. The summed E-state index contributed by atoms with van der Waals surface area (Å²) in [6.07, 6.45) is 8.44. The largest absolute Gasteiger partial charge is 0.306 e. The average Bonchev–Trinajstić information content (AvgIpc) is 2.25. The van der Waals surface area contributed by atoms with Crippen LogP contribution in [0.15, 0.2) is 0 Å². The van der Waals surface area contributed by atoms with Gasteiger partial charge in [-0.15, -0.1) is 0 Å². The summed E-state index contributed by atoms with van der Waals surface area (Å²) in [6.45, 7) is 13.4. The molecule has 0 aliphatic heterocycles. The predicted molar refractivity (Wildman–Crippen MR) is 77.1 cm³/mol. The molecule has 0 aromatic heterocycles. The summed E-state index contributed by atoms with van der Waals surface area (Å²) in [5, 5.41) is 0. The molecule has 0 radical (unpaired) electrons. The van der Waals surface area contributed by atoms with Gasteiger partial charge in [-0.1, -0.05) is 66.7 Å².